The normalized spacial score (nSPS) is 10.5. The first-order chi connectivity index (χ1) is 9.70. The zero-order valence-corrected chi connectivity index (χ0v) is 11.5. The first-order valence-electron chi connectivity index (χ1n) is 6.81. The predicted octanol–water partition coefficient (Wildman–Crippen LogP) is 4.45. The minimum atomic E-state index is -0.695. The molecule has 0 amide bonds. The van der Waals surface area contributed by atoms with Gasteiger partial charge in [0.15, 0.2) is 17.2 Å². The largest absolute Gasteiger partial charge is 0.504 e. The number of hydrogen-bond acceptors (Lipinski definition) is 3. The van der Waals surface area contributed by atoms with Gasteiger partial charge in [-0.3, -0.25) is 0 Å². The van der Waals surface area contributed by atoms with Crippen LogP contribution in [0.1, 0.15) is 31.7 Å². The summed E-state index contributed by atoms with van der Waals surface area (Å²) in [6.45, 7) is 2.15. The summed E-state index contributed by atoms with van der Waals surface area (Å²) in [5.41, 5.74) is 1.05. The van der Waals surface area contributed by atoms with Crippen LogP contribution in [0.3, 0.4) is 0 Å². The highest BCUT2D eigenvalue weighted by Gasteiger charge is 2.09. The Morgan fingerprint density at radius 3 is 2.75 bits per heavy atom. The molecule has 2 aromatic rings. The third-order valence-corrected chi connectivity index (χ3v) is 3.04. The van der Waals surface area contributed by atoms with Crippen molar-refractivity contribution in [1.82, 2.24) is 4.98 Å². The molecule has 0 spiro atoms. The molecule has 0 bridgehead atoms. The Kier molecular flexibility index (Phi) is 4.93. The van der Waals surface area contributed by atoms with Crippen LogP contribution in [0.25, 0.3) is 0 Å². The number of halogens is 1. The molecule has 2 rings (SSSR count). The van der Waals surface area contributed by atoms with Crippen LogP contribution < -0.4 is 4.74 Å². The van der Waals surface area contributed by atoms with Crippen LogP contribution in [0, 0.1) is 5.95 Å². The van der Waals surface area contributed by atoms with Crippen molar-refractivity contribution in [2.24, 2.45) is 0 Å². The molecule has 0 aliphatic carbocycles. The van der Waals surface area contributed by atoms with Gasteiger partial charge in [-0.15, -0.1) is 0 Å². The van der Waals surface area contributed by atoms with Gasteiger partial charge in [0.2, 0.25) is 0 Å². The Bertz CT molecular complexity index is 572. The van der Waals surface area contributed by atoms with Crippen LogP contribution in [0.15, 0.2) is 36.5 Å². The summed E-state index contributed by atoms with van der Waals surface area (Å²) < 4.78 is 18.7. The lowest BCUT2D eigenvalue weighted by atomic mass is 10.1. The molecule has 0 fully saturated rings. The van der Waals surface area contributed by atoms with Gasteiger partial charge >= 0.3 is 0 Å². The molecule has 1 aromatic heterocycles. The van der Waals surface area contributed by atoms with Gasteiger partial charge in [0.05, 0.1) is 0 Å². The summed E-state index contributed by atoms with van der Waals surface area (Å²) in [4.78, 5) is 3.50. The Balaban J connectivity index is 2.08. The topological polar surface area (TPSA) is 42.4 Å². The van der Waals surface area contributed by atoms with Crippen molar-refractivity contribution >= 4 is 0 Å². The number of unbranched alkanes of at least 4 members (excludes halogenated alkanes) is 2. The number of aromatic nitrogens is 1. The highest BCUT2D eigenvalue weighted by molar-refractivity contribution is 5.44. The van der Waals surface area contributed by atoms with E-state index in [0.717, 1.165) is 24.8 Å². The second-order valence-corrected chi connectivity index (χ2v) is 4.65. The minimum Gasteiger partial charge on any atom is -0.504 e. The molecule has 3 nitrogen and oxygen atoms in total. The molecular formula is C16H18FNO2. The number of benzene rings is 1. The summed E-state index contributed by atoms with van der Waals surface area (Å²) in [6.07, 6.45) is 5.68. The lowest BCUT2D eigenvalue weighted by Gasteiger charge is -2.09. The van der Waals surface area contributed by atoms with Crippen molar-refractivity contribution in [2.75, 3.05) is 0 Å². The number of rotatable bonds is 6. The number of aryl methyl sites for hydroxylation is 1. The Morgan fingerprint density at radius 1 is 1.20 bits per heavy atom. The molecule has 106 valence electrons. The molecule has 0 unspecified atom stereocenters. The third-order valence-electron chi connectivity index (χ3n) is 3.04. The van der Waals surface area contributed by atoms with Crippen molar-refractivity contribution in [3.8, 4) is 17.2 Å². The lowest BCUT2D eigenvalue weighted by Crippen LogP contribution is -1.92. The van der Waals surface area contributed by atoms with Gasteiger partial charge in [0, 0.05) is 6.20 Å². The lowest BCUT2D eigenvalue weighted by molar-refractivity contribution is 0.389. The molecule has 0 radical (unpaired) electrons. The summed E-state index contributed by atoms with van der Waals surface area (Å²) in [6, 6.07) is 8.26. The summed E-state index contributed by atoms with van der Waals surface area (Å²) in [5.74, 6) is -0.446. The Labute approximate surface area is 118 Å². The predicted molar refractivity (Wildman–Crippen MR) is 75.6 cm³/mol. The van der Waals surface area contributed by atoms with Crippen molar-refractivity contribution in [3.63, 3.8) is 0 Å². The van der Waals surface area contributed by atoms with Crippen molar-refractivity contribution in [1.29, 1.82) is 0 Å². The van der Waals surface area contributed by atoms with Crippen LogP contribution in [-0.4, -0.2) is 10.1 Å². The van der Waals surface area contributed by atoms with E-state index in [1.807, 2.05) is 6.07 Å². The molecular weight excluding hydrogens is 257 g/mol. The van der Waals surface area contributed by atoms with E-state index in [0.29, 0.717) is 0 Å². The van der Waals surface area contributed by atoms with Gasteiger partial charge < -0.3 is 9.84 Å². The highest BCUT2D eigenvalue weighted by Crippen LogP contribution is 2.32. The zero-order valence-electron chi connectivity index (χ0n) is 11.5. The maximum atomic E-state index is 13.4. The minimum absolute atomic E-state index is 0.00142. The maximum absolute atomic E-state index is 13.4. The molecule has 0 aliphatic rings. The maximum Gasteiger partial charge on any atom is 0.255 e. The zero-order chi connectivity index (χ0) is 14.4. The number of pyridine rings is 1. The first-order valence-corrected chi connectivity index (χ1v) is 6.81. The number of phenols is 1. The number of ether oxygens (including phenoxy) is 1. The summed E-state index contributed by atoms with van der Waals surface area (Å²) in [5, 5.41) is 9.93. The van der Waals surface area contributed by atoms with E-state index in [2.05, 4.69) is 11.9 Å². The fourth-order valence-corrected chi connectivity index (χ4v) is 1.95. The molecule has 0 saturated heterocycles. The molecule has 20 heavy (non-hydrogen) atoms. The fourth-order valence-electron chi connectivity index (χ4n) is 1.95. The SMILES string of the molecule is CCCCCc1ccc(Oc2cccnc2F)c(O)c1. The van der Waals surface area contributed by atoms with E-state index in [4.69, 9.17) is 4.74 Å². The molecule has 0 aliphatic heterocycles. The van der Waals surface area contributed by atoms with E-state index < -0.39 is 5.95 Å². The third kappa shape index (κ3) is 3.70. The van der Waals surface area contributed by atoms with Crippen LogP contribution in [-0.2, 0) is 6.42 Å². The van der Waals surface area contributed by atoms with Crippen LogP contribution in [0.4, 0.5) is 4.39 Å². The quantitative estimate of drug-likeness (QED) is 0.625. The van der Waals surface area contributed by atoms with Gasteiger partial charge in [-0.05, 0) is 42.7 Å². The fraction of sp³-hybridized carbons (Fsp3) is 0.312. The first kappa shape index (κ1) is 14.3. The summed E-state index contributed by atoms with van der Waals surface area (Å²) in [7, 11) is 0. The second-order valence-electron chi connectivity index (χ2n) is 4.65. The molecule has 4 heteroatoms. The molecule has 1 heterocycles. The van der Waals surface area contributed by atoms with Crippen molar-refractivity contribution in [2.45, 2.75) is 32.6 Å². The van der Waals surface area contributed by atoms with E-state index in [9.17, 15) is 9.50 Å². The second kappa shape index (κ2) is 6.89. The molecule has 1 aromatic carbocycles. The average Bonchev–Trinajstić information content (AvgIpc) is 2.44. The summed E-state index contributed by atoms with van der Waals surface area (Å²) >= 11 is 0. The van der Waals surface area contributed by atoms with Crippen LogP contribution in [0.5, 0.6) is 17.2 Å². The molecule has 1 N–H and O–H groups in total. The monoisotopic (exact) mass is 275 g/mol. The van der Waals surface area contributed by atoms with Crippen molar-refractivity contribution < 1.29 is 14.2 Å². The van der Waals surface area contributed by atoms with Gasteiger partial charge in [-0.2, -0.15) is 4.39 Å². The van der Waals surface area contributed by atoms with Crippen LogP contribution >= 0.6 is 0 Å². The molecule has 0 atom stereocenters. The molecule has 0 saturated carbocycles. The van der Waals surface area contributed by atoms with Gasteiger partial charge in [-0.1, -0.05) is 25.8 Å². The van der Waals surface area contributed by atoms with E-state index in [1.54, 1.807) is 18.2 Å². The van der Waals surface area contributed by atoms with Gasteiger partial charge in [0.25, 0.3) is 5.95 Å². The van der Waals surface area contributed by atoms with Gasteiger partial charge in [-0.25, -0.2) is 4.98 Å². The van der Waals surface area contributed by atoms with Crippen LogP contribution in [0.2, 0.25) is 0 Å². The van der Waals surface area contributed by atoms with E-state index in [1.165, 1.54) is 18.7 Å². The standard InChI is InChI=1S/C16H18FNO2/c1-2-3-4-6-12-8-9-14(13(19)11-12)20-15-7-5-10-18-16(15)17/h5,7-11,19H,2-4,6H2,1H3. The number of nitrogens with zero attached hydrogens (tertiary/aromatic N) is 1. The van der Waals surface area contributed by atoms with E-state index in [-0.39, 0.29) is 17.2 Å². The number of hydrogen-bond donors (Lipinski definition) is 1. The Morgan fingerprint density at radius 2 is 2.05 bits per heavy atom. The smallest absolute Gasteiger partial charge is 0.255 e. The Hall–Kier alpha value is -2.10. The van der Waals surface area contributed by atoms with Gasteiger partial charge in [0.1, 0.15) is 0 Å². The average molecular weight is 275 g/mol. The highest BCUT2D eigenvalue weighted by atomic mass is 19.1. The number of phenolic OH excluding ortho intramolecular Hbond substituents is 1. The number of aromatic hydroxyl groups is 1. The van der Waals surface area contributed by atoms with E-state index >= 15 is 0 Å². The van der Waals surface area contributed by atoms with Crippen molar-refractivity contribution in [3.05, 3.63) is 48.0 Å².